The average Bonchev–Trinajstić information content (AvgIpc) is 1.91. The molecule has 0 amide bonds. The highest BCUT2D eigenvalue weighted by atomic mass is 31.1. The molecule has 0 bridgehead atoms. The zero-order chi connectivity index (χ0) is 5.65. The first-order chi connectivity index (χ1) is 3.07. The fourth-order valence-electron chi connectivity index (χ4n) is 0.662. The first kappa shape index (κ1) is 5.31. The smallest absolute Gasteiger partial charge is 0.0132 e. The van der Waals surface area contributed by atoms with Crippen molar-refractivity contribution in [1.82, 2.24) is 0 Å². The molecule has 1 aliphatic heterocycles. The summed E-state index contributed by atoms with van der Waals surface area (Å²) in [5.74, 6) is 0. The van der Waals surface area contributed by atoms with E-state index in [1.807, 2.05) is 0 Å². The third-order valence-corrected chi connectivity index (χ3v) is 4.99. The SMILES string of the molecule is C=C1P(C)C1(C)C. The molecule has 0 aromatic rings. The lowest BCUT2D eigenvalue weighted by atomic mass is 10.2. The Morgan fingerprint density at radius 2 is 1.71 bits per heavy atom. The van der Waals surface area contributed by atoms with E-state index in [-0.39, 0.29) is 7.92 Å². The van der Waals surface area contributed by atoms with Crippen molar-refractivity contribution in [2.24, 2.45) is 0 Å². The molecule has 1 saturated heterocycles. The van der Waals surface area contributed by atoms with Gasteiger partial charge in [-0.1, -0.05) is 28.3 Å². The molecule has 1 heteroatoms. The second-order valence-corrected chi connectivity index (χ2v) is 5.34. The Balaban J connectivity index is 2.70. The molecule has 0 aliphatic carbocycles. The molecule has 0 saturated carbocycles. The predicted molar refractivity (Wildman–Crippen MR) is 36.1 cm³/mol. The molecule has 1 rings (SSSR count). The fourth-order valence-corrected chi connectivity index (χ4v) is 2.29. The average molecular weight is 114 g/mol. The number of allylic oxidation sites excluding steroid dienone is 1. The molecule has 1 heterocycles. The van der Waals surface area contributed by atoms with Crippen LogP contribution in [0.4, 0.5) is 0 Å². The maximum Gasteiger partial charge on any atom is 0.0132 e. The van der Waals surface area contributed by atoms with Crippen molar-refractivity contribution in [1.29, 1.82) is 0 Å². The summed E-state index contributed by atoms with van der Waals surface area (Å²) in [4.78, 5) is 0. The number of rotatable bonds is 0. The molecule has 1 atom stereocenters. The van der Waals surface area contributed by atoms with E-state index in [4.69, 9.17) is 0 Å². The first-order valence-electron chi connectivity index (χ1n) is 2.50. The molecule has 0 N–H and O–H groups in total. The van der Waals surface area contributed by atoms with Crippen LogP contribution in [0.5, 0.6) is 0 Å². The third kappa shape index (κ3) is 0.534. The normalized spacial score (nSPS) is 35.9. The molecule has 7 heavy (non-hydrogen) atoms. The van der Waals surface area contributed by atoms with E-state index in [1.54, 1.807) is 0 Å². The van der Waals surface area contributed by atoms with Gasteiger partial charge in [0.05, 0.1) is 0 Å². The van der Waals surface area contributed by atoms with Crippen molar-refractivity contribution < 1.29 is 0 Å². The van der Waals surface area contributed by atoms with Gasteiger partial charge in [0.25, 0.3) is 0 Å². The van der Waals surface area contributed by atoms with Crippen molar-refractivity contribution in [2.45, 2.75) is 19.0 Å². The second kappa shape index (κ2) is 1.11. The van der Waals surface area contributed by atoms with Crippen LogP contribution in [0.3, 0.4) is 0 Å². The van der Waals surface area contributed by atoms with Gasteiger partial charge in [0.15, 0.2) is 0 Å². The molecule has 40 valence electrons. The minimum atomic E-state index is 0.231. The lowest BCUT2D eigenvalue weighted by Crippen LogP contribution is -1.88. The Morgan fingerprint density at radius 3 is 1.71 bits per heavy atom. The highest BCUT2D eigenvalue weighted by Gasteiger charge is 2.46. The maximum absolute atomic E-state index is 3.93. The Kier molecular flexibility index (Phi) is 0.845. The van der Waals surface area contributed by atoms with Crippen molar-refractivity contribution in [3.05, 3.63) is 11.9 Å². The summed E-state index contributed by atoms with van der Waals surface area (Å²) in [6.07, 6.45) is 0. The Hall–Kier alpha value is 0.170. The Bertz CT molecular complexity index is 113. The Morgan fingerprint density at radius 1 is 1.57 bits per heavy atom. The number of hydrogen-bond donors (Lipinski definition) is 0. The zero-order valence-corrected chi connectivity index (χ0v) is 6.05. The van der Waals surface area contributed by atoms with E-state index < -0.39 is 0 Å². The largest absolute Gasteiger partial charge is 0.0944 e. The summed E-state index contributed by atoms with van der Waals surface area (Å²) < 4.78 is 0. The van der Waals surface area contributed by atoms with Gasteiger partial charge >= 0.3 is 0 Å². The van der Waals surface area contributed by atoms with Gasteiger partial charge in [0.1, 0.15) is 0 Å². The van der Waals surface area contributed by atoms with E-state index in [2.05, 4.69) is 27.1 Å². The van der Waals surface area contributed by atoms with Crippen molar-refractivity contribution >= 4 is 7.92 Å². The zero-order valence-electron chi connectivity index (χ0n) is 5.15. The molecule has 0 nitrogen and oxygen atoms in total. The molecule has 1 fully saturated rings. The van der Waals surface area contributed by atoms with Gasteiger partial charge in [-0.05, 0) is 12.0 Å². The van der Waals surface area contributed by atoms with Crippen LogP contribution in [0.15, 0.2) is 11.9 Å². The van der Waals surface area contributed by atoms with Gasteiger partial charge in [-0.2, -0.15) is 0 Å². The van der Waals surface area contributed by atoms with Crippen molar-refractivity contribution in [3.8, 4) is 0 Å². The lowest BCUT2D eigenvalue weighted by molar-refractivity contribution is 0.953. The summed E-state index contributed by atoms with van der Waals surface area (Å²) in [6.45, 7) is 10.7. The highest BCUT2D eigenvalue weighted by Crippen LogP contribution is 2.75. The van der Waals surface area contributed by atoms with Crippen molar-refractivity contribution in [3.63, 3.8) is 0 Å². The van der Waals surface area contributed by atoms with Gasteiger partial charge in [0.2, 0.25) is 0 Å². The van der Waals surface area contributed by atoms with E-state index in [1.165, 1.54) is 5.31 Å². The molecule has 0 aromatic carbocycles. The van der Waals surface area contributed by atoms with Crippen LogP contribution >= 0.6 is 7.92 Å². The van der Waals surface area contributed by atoms with E-state index in [0.29, 0.717) is 5.16 Å². The molecular weight excluding hydrogens is 103 g/mol. The topological polar surface area (TPSA) is 0 Å². The van der Waals surface area contributed by atoms with Crippen LogP contribution in [-0.2, 0) is 0 Å². The van der Waals surface area contributed by atoms with Gasteiger partial charge in [0, 0.05) is 5.16 Å². The lowest BCUT2D eigenvalue weighted by Gasteiger charge is -1.90. The fraction of sp³-hybridized carbons (Fsp3) is 0.667. The van der Waals surface area contributed by atoms with Crippen LogP contribution in [0.2, 0.25) is 0 Å². The summed E-state index contributed by atoms with van der Waals surface area (Å²) >= 11 is 0. The van der Waals surface area contributed by atoms with Crippen LogP contribution < -0.4 is 0 Å². The monoisotopic (exact) mass is 114 g/mol. The molecule has 1 aliphatic rings. The van der Waals surface area contributed by atoms with Crippen LogP contribution in [-0.4, -0.2) is 11.8 Å². The van der Waals surface area contributed by atoms with E-state index in [9.17, 15) is 0 Å². The Labute approximate surface area is 46.4 Å². The van der Waals surface area contributed by atoms with E-state index in [0.717, 1.165) is 0 Å². The molecular formula is C6H11P. The standard InChI is InChI=1S/C6H11P/c1-5-6(2,3)7(5)4/h1H2,2-4H3. The summed E-state index contributed by atoms with van der Waals surface area (Å²) in [6, 6.07) is 0. The molecule has 0 spiro atoms. The van der Waals surface area contributed by atoms with Gasteiger partial charge in [-0.3, -0.25) is 0 Å². The minimum Gasteiger partial charge on any atom is -0.0944 e. The van der Waals surface area contributed by atoms with Crippen LogP contribution in [0.25, 0.3) is 0 Å². The van der Waals surface area contributed by atoms with Crippen molar-refractivity contribution in [2.75, 3.05) is 6.66 Å². The molecule has 0 radical (unpaired) electrons. The minimum absolute atomic E-state index is 0.231. The highest BCUT2D eigenvalue weighted by molar-refractivity contribution is 7.72. The quantitative estimate of drug-likeness (QED) is 0.424. The van der Waals surface area contributed by atoms with Gasteiger partial charge in [-0.15, -0.1) is 0 Å². The van der Waals surface area contributed by atoms with Crippen LogP contribution in [0.1, 0.15) is 13.8 Å². The first-order valence-corrected chi connectivity index (χ1v) is 4.29. The third-order valence-electron chi connectivity index (χ3n) is 1.90. The summed E-state index contributed by atoms with van der Waals surface area (Å²) in [5.41, 5.74) is 0. The molecule has 0 aromatic heterocycles. The maximum atomic E-state index is 3.93. The second-order valence-electron chi connectivity index (χ2n) is 2.56. The van der Waals surface area contributed by atoms with E-state index >= 15 is 0 Å². The predicted octanol–water partition coefficient (Wildman–Crippen LogP) is 2.40. The van der Waals surface area contributed by atoms with Gasteiger partial charge in [-0.25, -0.2) is 0 Å². The summed E-state index contributed by atoms with van der Waals surface area (Å²) in [7, 11) is 0.231. The summed E-state index contributed by atoms with van der Waals surface area (Å²) in [5, 5.41) is 2.01. The van der Waals surface area contributed by atoms with Gasteiger partial charge < -0.3 is 0 Å². The van der Waals surface area contributed by atoms with Crippen LogP contribution in [0, 0.1) is 0 Å². The number of hydrogen-bond acceptors (Lipinski definition) is 0. The molecule has 1 unspecified atom stereocenters.